The van der Waals surface area contributed by atoms with Crippen molar-refractivity contribution >= 4 is 17.5 Å². The summed E-state index contributed by atoms with van der Waals surface area (Å²) < 4.78 is 2.69. The molecular weight excluding hydrogens is 370 g/mol. The fourth-order valence-corrected chi connectivity index (χ4v) is 2.69. The molecule has 0 spiro atoms. The molecule has 2 aromatic heterocycles. The summed E-state index contributed by atoms with van der Waals surface area (Å²) in [6.45, 7) is -0.0854. The van der Waals surface area contributed by atoms with Crippen LogP contribution in [0.5, 0.6) is 0 Å². The Morgan fingerprint density at radius 2 is 2.00 bits per heavy atom. The van der Waals surface area contributed by atoms with Crippen molar-refractivity contribution in [1.82, 2.24) is 24.5 Å². The highest BCUT2D eigenvalue weighted by molar-refractivity contribution is 6.30. The molecule has 0 bridgehead atoms. The molecule has 3 rings (SSSR count). The van der Waals surface area contributed by atoms with Gasteiger partial charge in [0.15, 0.2) is 0 Å². The highest BCUT2D eigenvalue weighted by Crippen LogP contribution is 2.20. The Morgan fingerprint density at radius 3 is 2.59 bits per heavy atom. The molecule has 0 fully saturated rings. The van der Waals surface area contributed by atoms with Crippen molar-refractivity contribution < 1.29 is 9.90 Å². The highest BCUT2D eigenvalue weighted by Gasteiger charge is 2.20. The van der Waals surface area contributed by atoms with Crippen LogP contribution in [0.25, 0.3) is 16.9 Å². The average molecular weight is 388 g/mol. The summed E-state index contributed by atoms with van der Waals surface area (Å²) in [5.41, 5.74) is 0.981. The van der Waals surface area contributed by atoms with Crippen LogP contribution in [0, 0.1) is 0 Å². The molecule has 1 amide bonds. The summed E-state index contributed by atoms with van der Waals surface area (Å²) >= 11 is 5.94. The van der Waals surface area contributed by atoms with E-state index in [4.69, 9.17) is 16.7 Å². The van der Waals surface area contributed by atoms with Gasteiger partial charge in [-0.15, -0.1) is 0 Å². The number of aliphatic hydroxyl groups is 1. The van der Waals surface area contributed by atoms with Gasteiger partial charge in [-0.2, -0.15) is 14.9 Å². The fourth-order valence-electron chi connectivity index (χ4n) is 2.56. The summed E-state index contributed by atoms with van der Waals surface area (Å²) in [5.74, 6) is -0.496. The van der Waals surface area contributed by atoms with Gasteiger partial charge in [-0.05, 0) is 18.2 Å². The van der Waals surface area contributed by atoms with E-state index in [2.05, 4.69) is 10.2 Å². The van der Waals surface area contributed by atoms with Gasteiger partial charge in [0, 0.05) is 31.2 Å². The Kier molecular flexibility index (Phi) is 5.38. The number of halogens is 1. The van der Waals surface area contributed by atoms with E-state index in [0.29, 0.717) is 22.0 Å². The number of likely N-dealkylation sites (N-methyl/N-ethyl adjacent to an activating group) is 1. The number of benzene rings is 1. The van der Waals surface area contributed by atoms with Crippen molar-refractivity contribution in [3.05, 3.63) is 63.7 Å². The molecule has 0 aliphatic rings. The van der Waals surface area contributed by atoms with E-state index >= 15 is 0 Å². The first-order chi connectivity index (χ1) is 12.9. The third-order valence-electron chi connectivity index (χ3n) is 4.00. The lowest BCUT2D eigenvalue weighted by Crippen LogP contribution is -2.36. The number of carbonyl (C=O) groups excluding carboxylic acids is 1. The van der Waals surface area contributed by atoms with E-state index < -0.39 is 11.5 Å². The molecule has 8 nitrogen and oxygen atoms in total. The second-order valence-corrected chi connectivity index (χ2v) is 6.43. The lowest BCUT2D eigenvalue weighted by atomic mass is 10.1. The number of nitrogens with zero attached hydrogens (tertiary/aromatic N) is 5. The zero-order valence-corrected chi connectivity index (χ0v) is 15.6. The number of aliphatic hydroxyl groups excluding tert-OH is 1. The molecule has 1 N–H and O–H groups in total. The van der Waals surface area contributed by atoms with Gasteiger partial charge in [-0.25, -0.2) is 0 Å². The largest absolute Gasteiger partial charge is 0.395 e. The van der Waals surface area contributed by atoms with Gasteiger partial charge < -0.3 is 10.0 Å². The van der Waals surface area contributed by atoms with Crippen molar-refractivity contribution in [3.63, 3.8) is 0 Å². The second-order valence-electron chi connectivity index (χ2n) is 5.99. The zero-order valence-electron chi connectivity index (χ0n) is 14.8. The Hall–Kier alpha value is -2.97. The Bertz CT molecular complexity index is 1030. The van der Waals surface area contributed by atoms with E-state index in [1.165, 1.54) is 28.9 Å². The number of aromatic nitrogens is 4. The summed E-state index contributed by atoms with van der Waals surface area (Å²) in [4.78, 5) is 26.9. The third-order valence-corrected chi connectivity index (χ3v) is 4.25. The van der Waals surface area contributed by atoms with Gasteiger partial charge in [0.2, 0.25) is 0 Å². The standard InChI is InChI=1S/C18H18ClN5O3/c1-22(7-8-25)17(26)15-9-16(12-3-5-13(19)6-4-12)21-24(18(15)27)14-10-20-23(2)11-14/h3-6,9-11,25H,7-8H2,1-2H3. The van der Waals surface area contributed by atoms with Crippen molar-refractivity contribution in [2.75, 3.05) is 20.2 Å². The maximum absolute atomic E-state index is 12.9. The predicted molar refractivity (Wildman–Crippen MR) is 101 cm³/mol. The maximum Gasteiger partial charge on any atom is 0.284 e. The maximum atomic E-state index is 12.9. The molecule has 9 heteroatoms. The average Bonchev–Trinajstić information content (AvgIpc) is 3.08. The Morgan fingerprint density at radius 1 is 1.30 bits per heavy atom. The first-order valence-corrected chi connectivity index (χ1v) is 8.54. The molecule has 140 valence electrons. The highest BCUT2D eigenvalue weighted by atomic mass is 35.5. The summed E-state index contributed by atoms with van der Waals surface area (Å²) in [6, 6.07) is 8.38. The molecule has 0 aliphatic heterocycles. The van der Waals surface area contributed by atoms with Crippen LogP contribution in [0.2, 0.25) is 5.02 Å². The first kappa shape index (κ1) is 18.8. The number of amides is 1. The van der Waals surface area contributed by atoms with Crippen molar-refractivity contribution in [3.8, 4) is 16.9 Å². The van der Waals surface area contributed by atoms with Crippen LogP contribution in [-0.4, -0.2) is 55.7 Å². The van der Waals surface area contributed by atoms with Crippen LogP contribution >= 0.6 is 11.6 Å². The Balaban J connectivity index is 2.20. The molecular formula is C18H18ClN5O3. The minimum absolute atomic E-state index is 0.0465. The van der Waals surface area contributed by atoms with Gasteiger partial charge in [-0.1, -0.05) is 23.7 Å². The lowest BCUT2D eigenvalue weighted by Gasteiger charge is -2.16. The first-order valence-electron chi connectivity index (χ1n) is 8.16. The minimum atomic E-state index is -0.560. The summed E-state index contributed by atoms with van der Waals surface area (Å²) in [7, 11) is 3.24. The van der Waals surface area contributed by atoms with Gasteiger partial charge in [-0.3, -0.25) is 14.3 Å². The SMILES string of the molecule is CN(CCO)C(=O)c1cc(-c2ccc(Cl)cc2)nn(-c2cnn(C)c2)c1=O. The van der Waals surface area contributed by atoms with E-state index in [1.807, 2.05) is 0 Å². The third kappa shape index (κ3) is 3.91. The molecule has 0 unspecified atom stereocenters. The molecule has 1 aromatic carbocycles. The molecule has 0 saturated carbocycles. The van der Waals surface area contributed by atoms with Crippen LogP contribution < -0.4 is 5.56 Å². The fraction of sp³-hybridized carbons (Fsp3) is 0.222. The smallest absolute Gasteiger partial charge is 0.284 e. The number of hydrogen-bond acceptors (Lipinski definition) is 5. The molecule has 2 heterocycles. The van der Waals surface area contributed by atoms with Crippen LogP contribution in [0.15, 0.2) is 47.5 Å². The van der Waals surface area contributed by atoms with Crippen LogP contribution in [0.3, 0.4) is 0 Å². The summed E-state index contributed by atoms with van der Waals surface area (Å²) in [5, 5.41) is 18.1. The van der Waals surface area contributed by atoms with Crippen molar-refractivity contribution in [1.29, 1.82) is 0 Å². The van der Waals surface area contributed by atoms with Crippen LogP contribution in [0.4, 0.5) is 0 Å². The second kappa shape index (κ2) is 7.73. The quantitative estimate of drug-likeness (QED) is 0.713. The van der Waals surface area contributed by atoms with Gasteiger partial charge in [0.1, 0.15) is 11.3 Å². The molecule has 27 heavy (non-hydrogen) atoms. The number of aryl methyl sites for hydroxylation is 1. The van der Waals surface area contributed by atoms with E-state index in [0.717, 1.165) is 4.68 Å². The zero-order chi connectivity index (χ0) is 19.6. The molecule has 0 radical (unpaired) electrons. The number of hydrogen-bond donors (Lipinski definition) is 1. The normalized spacial score (nSPS) is 10.8. The van der Waals surface area contributed by atoms with E-state index in [1.54, 1.807) is 37.5 Å². The van der Waals surface area contributed by atoms with Crippen LogP contribution in [0.1, 0.15) is 10.4 Å². The molecule has 0 aliphatic carbocycles. The molecule has 0 saturated heterocycles. The van der Waals surface area contributed by atoms with Gasteiger partial charge in [0.25, 0.3) is 11.5 Å². The Labute approximate surface area is 160 Å². The van der Waals surface area contributed by atoms with Gasteiger partial charge in [0.05, 0.1) is 24.7 Å². The lowest BCUT2D eigenvalue weighted by molar-refractivity contribution is 0.0764. The molecule has 0 atom stereocenters. The van der Waals surface area contributed by atoms with Crippen LogP contribution in [-0.2, 0) is 7.05 Å². The monoisotopic (exact) mass is 387 g/mol. The van der Waals surface area contributed by atoms with E-state index in [-0.39, 0.29) is 18.7 Å². The predicted octanol–water partition coefficient (Wildman–Crippen LogP) is 1.35. The number of carbonyl (C=O) groups is 1. The summed E-state index contributed by atoms with van der Waals surface area (Å²) in [6.07, 6.45) is 3.12. The number of rotatable bonds is 5. The molecule has 3 aromatic rings. The van der Waals surface area contributed by atoms with Crippen molar-refractivity contribution in [2.45, 2.75) is 0 Å². The van der Waals surface area contributed by atoms with Crippen molar-refractivity contribution in [2.24, 2.45) is 7.05 Å². The van der Waals surface area contributed by atoms with E-state index in [9.17, 15) is 9.59 Å². The minimum Gasteiger partial charge on any atom is -0.395 e. The topological polar surface area (TPSA) is 93.2 Å². The van der Waals surface area contributed by atoms with Gasteiger partial charge >= 0.3 is 0 Å².